The lowest BCUT2D eigenvalue weighted by molar-refractivity contribution is -0.126. The van der Waals surface area contributed by atoms with Crippen molar-refractivity contribution in [1.29, 1.82) is 0 Å². The van der Waals surface area contributed by atoms with Crippen LogP contribution in [-0.4, -0.2) is 12.5 Å². The Balaban J connectivity index is 4.16. The first-order valence-electron chi connectivity index (χ1n) is 6.55. The molecule has 0 spiro atoms. The van der Waals surface area contributed by atoms with E-state index in [0.717, 1.165) is 6.54 Å². The van der Waals surface area contributed by atoms with Crippen molar-refractivity contribution in [3.05, 3.63) is 0 Å². The van der Waals surface area contributed by atoms with Crippen LogP contribution in [0.4, 0.5) is 0 Å². The van der Waals surface area contributed by atoms with Crippen LogP contribution in [0.25, 0.3) is 0 Å². The Kier molecular flexibility index (Phi) is 6.70. The number of carbonyl (C=O) groups excluding carboxylic acids is 1. The third-order valence-electron chi connectivity index (χ3n) is 3.64. The van der Waals surface area contributed by atoms with Gasteiger partial charge in [-0.3, -0.25) is 4.79 Å². The number of carbonyl (C=O) groups is 1. The van der Waals surface area contributed by atoms with E-state index < -0.39 is 0 Å². The SMILES string of the molecule is CC(C)C(C)C(=O)NCC(C(C)C)C(C)C. The van der Waals surface area contributed by atoms with Crippen molar-refractivity contribution in [3.8, 4) is 0 Å². The zero-order valence-corrected chi connectivity index (χ0v) is 12.0. The number of rotatable bonds is 6. The summed E-state index contributed by atoms with van der Waals surface area (Å²) in [7, 11) is 0. The third-order valence-corrected chi connectivity index (χ3v) is 3.64. The molecule has 0 aromatic heterocycles. The smallest absolute Gasteiger partial charge is 0.223 e. The lowest BCUT2D eigenvalue weighted by atomic mass is 9.85. The molecule has 1 unspecified atom stereocenters. The van der Waals surface area contributed by atoms with Crippen molar-refractivity contribution in [3.63, 3.8) is 0 Å². The molecule has 0 rings (SSSR count). The molecule has 0 fully saturated rings. The van der Waals surface area contributed by atoms with E-state index >= 15 is 0 Å². The third kappa shape index (κ3) is 5.00. The molecule has 1 amide bonds. The molecule has 0 heterocycles. The molecule has 1 N–H and O–H groups in total. The Bertz CT molecular complexity index is 201. The van der Waals surface area contributed by atoms with E-state index in [1.807, 2.05) is 6.92 Å². The molecule has 1 atom stereocenters. The summed E-state index contributed by atoms with van der Waals surface area (Å²) in [6.07, 6.45) is 0. The second-order valence-corrected chi connectivity index (χ2v) is 5.93. The highest BCUT2D eigenvalue weighted by Gasteiger charge is 2.21. The van der Waals surface area contributed by atoms with E-state index in [-0.39, 0.29) is 11.8 Å². The number of hydrogen-bond donors (Lipinski definition) is 1. The molecular weight excluding hydrogens is 198 g/mol. The zero-order valence-electron chi connectivity index (χ0n) is 12.0. The highest BCUT2D eigenvalue weighted by atomic mass is 16.1. The van der Waals surface area contributed by atoms with Gasteiger partial charge < -0.3 is 5.32 Å². The van der Waals surface area contributed by atoms with E-state index in [9.17, 15) is 4.79 Å². The molecule has 0 aromatic carbocycles. The lowest BCUT2D eigenvalue weighted by Crippen LogP contribution is -2.38. The predicted octanol–water partition coefficient (Wildman–Crippen LogP) is 3.32. The molecule has 0 aliphatic rings. The number of nitrogens with one attached hydrogen (secondary N) is 1. The van der Waals surface area contributed by atoms with Gasteiger partial charge in [-0.05, 0) is 23.7 Å². The summed E-state index contributed by atoms with van der Waals surface area (Å²) < 4.78 is 0. The van der Waals surface area contributed by atoms with Crippen LogP contribution in [0.15, 0.2) is 0 Å². The summed E-state index contributed by atoms with van der Waals surface area (Å²) in [5, 5.41) is 3.09. The van der Waals surface area contributed by atoms with Crippen molar-refractivity contribution >= 4 is 5.91 Å². The van der Waals surface area contributed by atoms with Gasteiger partial charge in [-0.1, -0.05) is 48.5 Å². The van der Waals surface area contributed by atoms with E-state index in [1.165, 1.54) is 0 Å². The maximum Gasteiger partial charge on any atom is 0.223 e. The van der Waals surface area contributed by atoms with Crippen LogP contribution in [0, 0.1) is 29.6 Å². The summed E-state index contributed by atoms with van der Waals surface area (Å²) in [4.78, 5) is 11.8. The number of hydrogen-bond acceptors (Lipinski definition) is 1. The fourth-order valence-electron chi connectivity index (χ4n) is 1.92. The highest BCUT2D eigenvalue weighted by Crippen LogP contribution is 2.19. The Labute approximate surface area is 101 Å². The first-order chi connectivity index (χ1) is 7.27. The van der Waals surface area contributed by atoms with Gasteiger partial charge in [0, 0.05) is 12.5 Å². The Hall–Kier alpha value is -0.530. The Morgan fingerprint density at radius 2 is 1.31 bits per heavy atom. The summed E-state index contributed by atoms with van der Waals surface area (Å²) in [6.45, 7) is 15.9. The Morgan fingerprint density at radius 1 is 0.875 bits per heavy atom. The van der Waals surface area contributed by atoms with E-state index in [0.29, 0.717) is 23.7 Å². The lowest BCUT2D eigenvalue weighted by Gasteiger charge is -2.26. The fraction of sp³-hybridized carbons (Fsp3) is 0.929. The van der Waals surface area contributed by atoms with Gasteiger partial charge in [0.15, 0.2) is 0 Å². The second-order valence-electron chi connectivity index (χ2n) is 5.93. The summed E-state index contributed by atoms with van der Waals surface area (Å²) >= 11 is 0. The van der Waals surface area contributed by atoms with E-state index in [1.54, 1.807) is 0 Å². The molecule has 0 radical (unpaired) electrons. The average Bonchev–Trinajstić information content (AvgIpc) is 2.15. The maximum absolute atomic E-state index is 11.8. The van der Waals surface area contributed by atoms with Gasteiger partial charge in [-0.15, -0.1) is 0 Å². The van der Waals surface area contributed by atoms with E-state index in [2.05, 4.69) is 46.9 Å². The van der Waals surface area contributed by atoms with Crippen molar-refractivity contribution in [2.75, 3.05) is 6.54 Å². The monoisotopic (exact) mass is 227 g/mol. The van der Waals surface area contributed by atoms with Crippen molar-refractivity contribution in [2.45, 2.75) is 48.5 Å². The van der Waals surface area contributed by atoms with Crippen LogP contribution >= 0.6 is 0 Å². The van der Waals surface area contributed by atoms with Crippen molar-refractivity contribution < 1.29 is 4.79 Å². The van der Waals surface area contributed by atoms with Gasteiger partial charge in [0.1, 0.15) is 0 Å². The minimum Gasteiger partial charge on any atom is -0.356 e. The molecule has 96 valence electrons. The first-order valence-corrected chi connectivity index (χ1v) is 6.55. The first kappa shape index (κ1) is 15.5. The predicted molar refractivity (Wildman–Crippen MR) is 70.2 cm³/mol. The summed E-state index contributed by atoms with van der Waals surface area (Å²) in [5.41, 5.74) is 0. The molecule has 0 aromatic rings. The minimum absolute atomic E-state index is 0.111. The van der Waals surface area contributed by atoms with Gasteiger partial charge in [0.2, 0.25) is 5.91 Å². The van der Waals surface area contributed by atoms with Crippen molar-refractivity contribution in [1.82, 2.24) is 5.32 Å². The van der Waals surface area contributed by atoms with Crippen molar-refractivity contribution in [2.24, 2.45) is 29.6 Å². The van der Waals surface area contributed by atoms with Crippen LogP contribution < -0.4 is 5.32 Å². The quantitative estimate of drug-likeness (QED) is 0.741. The van der Waals surface area contributed by atoms with Crippen LogP contribution in [0.5, 0.6) is 0 Å². The fourth-order valence-corrected chi connectivity index (χ4v) is 1.92. The Morgan fingerprint density at radius 3 is 1.62 bits per heavy atom. The van der Waals surface area contributed by atoms with Gasteiger partial charge in [0.05, 0.1) is 0 Å². The topological polar surface area (TPSA) is 29.1 Å². The van der Waals surface area contributed by atoms with Gasteiger partial charge in [-0.2, -0.15) is 0 Å². The molecule has 0 saturated carbocycles. The molecule has 0 aliphatic carbocycles. The molecule has 0 aliphatic heterocycles. The van der Waals surface area contributed by atoms with Gasteiger partial charge in [-0.25, -0.2) is 0 Å². The second kappa shape index (κ2) is 6.93. The standard InChI is InChI=1S/C14H29NO/c1-9(2)12(7)14(16)15-8-13(10(3)4)11(5)6/h9-13H,8H2,1-7H3,(H,15,16). The summed E-state index contributed by atoms with van der Waals surface area (Å²) in [6, 6.07) is 0. The molecule has 2 nitrogen and oxygen atoms in total. The molecule has 2 heteroatoms. The summed E-state index contributed by atoms with van der Waals surface area (Å²) in [5.74, 6) is 2.53. The molecule has 0 bridgehead atoms. The minimum atomic E-state index is 0.111. The van der Waals surface area contributed by atoms with Crippen LogP contribution in [-0.2, 0) is 4.79 Å². The van der Waals surface area contributed by atoms with Crippen LogP contribution in [0.3, 0.4) is 0 Å². The molecular formula is C14H29NO. The molecule has 0 saturated heterocycles. The maximum atomic E-state index is 11.8. The highest BCUT2D eigenvalue weighted by molar-refractivity contribution is 5.78. The largest absolute Gasteiger partial charge is 0.356 e. The normalized spacial score (nSPS) is 13.9. The van der Waals surface area contributed by atoms with Crippen LogP contribution in [0.1, 0.15) is 48.5 Å². The molecule has 16 heavy (non-hydrogen) atoms. The zero-order chi connectivity index (χ0) is 12.9. The van der Waals surface area contributed by atoms with Gasteiger partial charge >= 0.3 is 0 Å². The van der Waals surface area contributed by atoms with Gasteiger partial charge in [0.25, 0.3) is 0 Å². The van der Waals surface area contributed by atoms with E-state index in [4.69, 9.17) is 0 Å². The average molecular weight is 227 g/mol. The number of amides is 1. The van der Waals surface area contributed by atoms with Crippen LogP contribution in [0.2, 0.25) is 0 Å².